The number of nitrogens with zero attached hydrogens (tertiary/aromatic N) is 7. The summed E-state index contributed by atoms with van der Waals surface area (Å²) >= 11 is 0. The molecular formula is C95H63N7O. The number of rotatable bonds is 11. The van der Waals surface area contributed by atoms with Crippen LogP contribution in [0.25, 0.3) is 194 Å². The average molecular weight is 1320 g/mol. The number of pyridine rings is 1. The van der Waals surface area contributed by atoms with Gasteiger partial charge in [0.1, 0.15) is 11.2 Å². The molecule has 0 unspecified atom stereocenters. The molecule has 0 fully saturated rings. The SMILES string of the molecule is Cc1ccc2c(c1)c1ccccc1n2-c1ccc(-c2nc(-c3ccc(-n4c5ccccc5c5cc(C)ccc54)cc3)c(-c3cccc4oc5ccccc5c34)c(-c3ccccc3-c3nc(-c4ccccc4)nc(-c4ccccc4)n3)c2-c2ccc(-n3c4ccccc4c4cc(C)ccc43)cc2)cc1. The molecule has 0 aliphatic rings. The first kappa shape index (κ1) is 59.5. The number of para-hydroxylation sites is 4. The first-order chi connectivity index (χ1) is 50.8. The number of aryl methyl sites for hydroxylation is 3. The van der Waals surface area contributed by atoms with Crippen LogP contribution in [-0.4, -0.2) is 33.6 Å². The summed E-state index contributed by atoms with van der Waals surface area (Å²) in [5.74, 6) is 1.66. The maximum atomic E-state index is 6.91. The second-order valence-corrected chi connectivity index (χ2v) is 27.1. The second-order valence-electron chi connectivity index (χ2n) is 27.1. The van der Waals surface area contributed by atoms with Gasteiger partial charge in [0.05, 0.1) is 44.5 Å². The van der Waals surface area contributed by atoms with E-state index in [2.05, 4.69) is 320 Å². The lowest BCUT2D eigenvalue weighted by Gasteiger charge is -2.25. The van der Waals surface area contributed by atoms with Crippen LogP contribution in [-0.2, 0) is 0 Å². The van der Waals surface area contributed by atoms with Gasteiger partial charge in [-0.25, -0.2) is 19.9 Å². The topological polar surface area (TPSA) is 79.5 Å². The van der Waals surface area contributed by atoms with Crippen LogP contribution in [0.5, 0.6) is 0 Å². The van der Waals surface area contributed by atoms with Crippen molar-refractivity contribution in [1.29, 1.82) is 0 Å². The van der Waals surface area contributed by atoms with Crippen LogP contribution in [0.1, 0.15) is 16.7 Å². The molecule has 6 heterocycles. The molecule has 8 nitrogen and oxygen atoms in total. The molecule has 484 valence electrons. The Morgan fingerprint density at radius 1 is 0.233 bits per heavy atom. The Morgan fingerprint density at radius 2 is 0.602 bits per heavy atom. The van der Waals surface area contributed by atoms with Gasteiger partial charge in [-0.2, -0.15) is 0 Å². The summed E-state index contributed by atoms with van der Waals surface area (Å²) in [6.45, 7) is 6.51. The smallest absolute Gasteiger partial charge is 0.164 e. The first-order valence-electron chi connectivity index (χ1n) is 35.1. The van der Waals surface area contributed by atoms with E-state index in [0.29, 0.717) is 17.5 Å². The Hall–Kier alpha value is -13.6. The van der Waals surface area contributed by atoms with E-state index in [9.17, 15) is 0 Å². The van der Waals surface area contributed by atoms with Crippen LogP contribution < -0.4 is 0 Å². The molecule has 6 aromatic heterocycles. The van der Waals surface area contributed by atoms with Gasteiger partial charge in [0, 0.05) is 105 Å². The number of benzene rings is 14. The lowest BCUT2D eigenvalue weighted by Crippen LogP contribution is -2.05. The minimum Gasteiger partial charge on any atom is -0.456 e. The van der Waals surface area contributed by atoms with E-state index in [-0.39, 0.29) is 0 Å². The fourth-order valence-electron chi connectivity index (χ4n) is 16.0. The van der Waals surface area contributed by atoms with Gasteiger partial charge in [-0.15, -0.1) is 0 Å². The van der Waals surface area contributed by atoms with Crippen LogP contribution in [0.2, 0.25) is 0 Å². The highest BCUT2D eigenvalue weighted by atomic mass is 16.3. The third-order valence-electron chi connectivity index (χ3n) is 20.7. The Kier molecular flexibility index (Phi) is 13.8. The van der Waals surface area contributed by atoms with Crippen LogP contribution in [0.3, 0.4) is 0 Å². The van der Waals surface area contributed by atoms with Crippen molar-refractivity contribution in [3.8, 4) is 107 Å². The van der Waals surface area contributed by atoms with Gasteiger partial charge < -0.3 is 18.1 Å². The first-order valence-corrected chi connectivity index (χ1v) is 35.1. The maximum absolute atomic E-state index is 6.91. The van der Waals surface area contributed by atoms with Gasteiger partial charge in [0.2, 0.25) is 0 Å². The predicted molar refractivity (Wildman–Crippen MR) is 426 cm³/mol. The Labute approximate surface area is 594 Å². The molecule has 20 rings (SSSR count). The largest absolute Gasteiger partial charge is 0.456 e. The number of aromatic nitrogens is 7. The van der Waals surface area contributed by atoms with E-state index in [1.807, 2.05) is 42.5 Å². The van der Waals surface area contributed by atoms with Gasteiger partial charge in [-0.1, -0.05) is 241 Å². The normalized spacial score (nSPS) is 11.8. The molecule has 0 aliphatic carbocycles. The molecule has 0 saturated heterocycles. The maximum Gasteiger partial charge on any atom is 0.164 e. The van der Waals surface area contributed by atoms with Crippen molar-refractivity contribution in [3.05, 3.63) is 344 Å². The zero-order valence-corrected chi connectivity index (χ0v) is 56.7. The lowest BCUT2D eigenvalue weighted by atomic mass is 9.81. The number of hydrogen-bond donors (Lipinski definition) is 0. The summed E-state index contributed by atoms with van der Waals surface area (Å²) in [7, 11) is 0. The molecule has 20 aromatic rings. The molecular weight excluding hydrogens is 1260 g/mol. The standard InChI is InChI=1S/C95H63N7O/c1-58-37-52-82-76(55-58)69-25-12-16-32-79(69)100(82)66-46-40-61(41-47-66)87-89(72-28-10-11-29-73(72)95-98-93(64-21-6-4-7-22-64)97-94(99-95)65-23-8-5-9-24-65)90(75-31-20-36-86-88(75)74-30-15-19-35-85(74)103-86)92(63-44-50-68(51-45-63)102-81-34-18-14-27-71(81)78-57-60(3)39-54-84(78)102)96-91(87)62-42-48-67(49-43-62)101-80-33-17-13-26-70(80)77-56-59(2)38-53-83(77)101/h4-57H,1-3H3. The minimum atomic E-state index is 0.528. The quantitative estimate of drug-likeness (QED) is 0.129. The Morgan fingerprint density at radius 3 is 1.09 bits per heavy atom. The van der Waals surface area contributed by atoms with E-state index in [0.717, 1.165) is 145 Å². The van der Waals surface area contributed by atoms with Crippen molar-refractivity contribution < 1.29 is 4.42 Å². The molecule has 8 heteroatoms. The van der Waals surface area contributed by atoms with Crippen molar-refractivity contribution in [2.75, 3.05) is 0 Å². The van der Waals surface area contributed by atoms with Gasteiger partial charge in [0.15, 0.2) is 17.5 Å². The Balaban J connectivity index is 0.922. The highest BCUT2D eigenvalue weighted by Gasteiger charge is 2.31. The van der Waals surface area contributed by atoms with E-state index >= 15 is 0 Å². The molecule has 0 saturated carbocycles. The second kappa shape index (κ2) is 23.8. The molecule has 0 aliphatic heterocycles. The molecule has 14 aromatic carbocycles. The molecule has 0 spiro atoms. The number of furan rings is 1. The summed E-state index contributed by atoms with van der Waals surface area (Å²) in [5, 5.41) is 9.26. The zero-order valence-electron chi connectivity index (χ0n) is 56.7. The third kappa shape index (κ3) is 9.74. The van der Waals surface area contributed by atoms with Gasteiger partial charge in [0.25, 0.3) is 0 Å². The van der Waals surface area contributed by atoms with Gasteiger partial charge >= 0.3 is 0 Å². The minimum absolute atomic E-state index is 0.528. The third-order valence-corrected chi connectivity index (χ3v) is 20.7. The molecule has 0 amide bonds. The van der Waals surface area contributed by atoms with E-state index in [4.69, 9.17) is 24.4 Å². The molecule has 0 radical (unpaired) electrons. The van der Waals surface area contributed by atoms with Crippen molar-refractivity contribution >= 4 is 87.4 Å². The van der Waals surface area contributed by atoms with Crippen molar-refractivity contribution in [2.24, 2.45) is 0 Å². The van der Waals surface area contributed by atoms with Crippen LogP contribution in [0.15, 0.2) is 332 Å². The highest BCUT2D eigenvalue weighted by Crippen LogP contribution is 2.54. The van der Waals surface area contributed by atoms with E-state index in [1.54, 1.807) is 0 Å². The summed E-state index contributed by atoms with van der Waals surface area (Å²) in [6.07, 6.45) is 0. The molecule has 0 bridgehead atoms. The Bertz CT molecular complexity index is 6740. The van der Waals surface area contributed by atoms with E-state index < -0.39 is 0 Å². The highest BCUT2D eigenvalue weighted by molar-refractivity contribution is 6.19. The lowest BCUT2D eigenvalue weighted by molar-refractivity contribution is 0.669. The average Bonchev–Trinajstić information content (AvgIpc) is 1.71. The monoisotopic (exact) mass is 1320 g/mol. The van der Waals surface area contributed by atoms with E-state index in [1.165, 1.54) is 49.0 Å². The summed E-state index contributed by atoms with van der Waals surface area (Å²) < 4.78 is 14.1. The van der Waals surface area contributed by atoms with Crippen molar-refractivity contribution in [3.63, 3.8) is 0 Å². The van der Waals surface area contributed by atoms with Crippen LogP contribution >= 0.6 is 0 Å². The summed E-state index contributed by atoms with van der Waals surface area (Å²) in [6, 6.07) is 118. The molecule has 0 atom stereocenters. The van der Waals surface area contributed by atoms with Crippen LogP contribution in [0, 0.1) is 20.8 Å². The number of fused-ring (bicyclic) bond motifs is 12. The fourth-order valence-corrected chi connectivity index (χ4v) is 16.0. The van der Waals surface area contributed by atoms with Gasteiger partial charge in [-0.05, 0) is 141 Å². The van der Waals surface area contributed by atoms with Crippen molar-refractivity contribution in [1.82, 2.24) is 33.6 Å². The number of hydrogen-bond acceptors (Lipinski definition) is 5. The zero-order chi connectivity index (χ0) is 68.4. The fraction of sp³-hybridized carbons (Fsp3) is 0.0316. The van der Waals surface area contributed by atoms with Crippen LogP contribution in [0.4, 0.5) is 0 Å². The molecule has 103 heavy (non-hydrogen) atoms. The summed E-state index contributed by atoms with van der Waals surface area (Å²) in [5.41, 5.74) is 26.9. The van der Waals surface area contributed by atoms with Gasteiger partial charge in [-0.3, -0.25) is 0 Å². The van der Waals surface area contributed by atoms with Crippen molar-refractivity contribution in [2.45, 2.75) is 20.8 Å². The summed E-state index contributed by atoms with van der Waals surface area (Å²) in [4.78, 5) is 22.6. The molecule has 0 N–H and O–H groups in total. The predicted octanol–water partition coefficient (Wildman–Crippen LogP) is 24.7.